The zero-order valence-electron chi connectivity index (χ0n) is 8.69. The van der Waals surface area contributed by atoms with E-state index in [1.807, 2.05) is 11.8 Å². The molecule has 0 aromatic heterocycles. The molecule has 0 radical (unpaired) electrons. The van der Waals surface area contributed by atoms with Crippen molar-refractivity contribution in [3.05, 3.63) is 0 Å². The van der Waals surface area contributed by atoms with Crippen LogP contribution in [-0.4, -0.2) is 49.9 Å². The topological polar surface area (TPSA) is 63.4 Å². The molecule has 4 nitrogen and oxygen atoms in total. The molecule has 0 aliphatic rings. The number of nitrogens with zero attached hydrogens (tertiary/aromatic N) is 1. The lowest BCUT2D eigenvalue weighted by molar-refractivity contribution is 0.330. The first-order valence-electron chi connectivity index (χ1n) is 4.53. The molecule has 0 unspecified atom stereocenters. The molecule has 0 aromatic carbocycles. The van der Waals surface area contributed by atoms with Crippen LogP contribution >= 0.6 is 12.2 Å². The predicted molar refractivity (Wildman–Crippen MR) is 63.2 cm³/mol. The standard InChI is InChI=1S/C8H18N2O2S2/c1-3-10(7-8(9)13)5-4-6-14(2,11)12/h3-7H2,1-2H3,(H2,9,13). The summed E-state index contributed by atoms with van der Waals surface area (Å²) in [6, 6.07) is 0. The Balaban J connectivity index is 3.79. The summed E-state index contributed by atoms with van der Waals surface area (Å²) in [6.07, 6.45) is 1.88. The van der Waals surface area contributed by atoms with Gasteiger partial charge in [0.1, 0.15) is 9.84 Å². The van der Waals surface area contributed by atoms with Crippen LogP contribution in [0.25, 0.3) is 0 Å². The highest BCUT2D eigenvalue weighted by Gasteiger charge is 2.06. The van der Waals surface area contributed by atoms with Crippen LogP contribution in [-0.2, 0) is 9.84 Å². The SMILES string of the molecule is CCN(CCCS(C)(=O)=O)CC(N)=S. The van der Waals surface area contributed by atoms with Gasteiger partial charge in [0, 0.05) is 12.8 Å². The summed E-state index contributed by atoms with van der Waals surface area (Å²) in [5, 5.41) is 0. The van der Waals surface area contributed by atoms with Gasteiger partial charge in [-0.05, 0) is 19.5 Å². The number of nitrogens with two attached hydrogens (primary N) is 1. The van der Waals surface area contributed by atoms with E-state index in [2.05, 4.69) is 0 Å². The number of sulfone groups is 1. The van der Waals surface area contributed by atoms with Crippen LogP contribution in [0.5, 0.6) is 0 Å². The maximum absolute atomic E-state index is 10.9. The van der Waals surface area contributed by atoms with Crippen molar-refractivity contribution >= 4 is 27.0 Å². The minimum Gasteiger partial charge on any atom is -0.392 e. The molecule has 2 N–H and O–H groups in total. The Hall–Kier alpha value is -0.200. The van der Waals surface area contributed by atoms with Crippen LogP contribution in [0.2, 0.25) is 0 Å². The van der Waals surface area contributed by atoms with E-state index in [1.165, 1.54) is 6.26 Å². The molecule has 84 valence electrons. The van der Waals surface area contributed by atoms with Crippen molar-refractivity contribution in [2.75, 3.05) is 31.6 Å². The second-order valence-electron chi connectivity index (χ2n) is 3.32. The first-order chi connectivity index (χ1) is 6.35. The number of rotatable bonds is 7. The van der Waals surface area contributed by atoms with Gasteiger partial charge in [0.05, 0.1) is 10.7 Å². The fourth-order valence-corrected chi connectivity index (χ4v) is 1.96. The maximum Gasteiger partial charge on any atom is 0.147 e. The molecule has 0 amide bonds. The van der Waals surface area contributed by atoms with Crippen molar-refractivity contribution < 1.29 is 8.42 Å². The van der Waals surface area contributed by atoms with Crippen molar-refractivity contribution in [3.8, 4) is 0 Å². The van der Waals surface area contributed by atoms with Gasteiger partial charge in [-0.3, -0.25) is 4.90 Å². The maximum atomic E-state index is 10.9. The third kappa shape index (κ3) is 8.40. The monoisotopic (exact) mass is 238 g/mol. The van der Waals surface area contributed by atoms with Gasteiger partial charge in [0.25, 0.3) is 0 Å². The van der Waals surface area contributed by atoms with Gasteiger partial charge >= 0.3 is 0 Å². The van der Waals surface area contributed by atoms with E-state index >= 15 is 0 Å². The molecule has 0 saturated carbocycles. The Bertz CT molecular complexity index is 275. The van der Waals surface area contributed by atoms with Crippen molar-refractivity contribution in [1.29, 1.82) is 0 Å². The lowest BCUT2D eigenvalue weighted by atomic mass is 10.4. The van der Waals surface area contributed by atoms with Crippen molar-refractivity contribution in [3.63, 3.8) is 0 Å². The molecule has 0 aliphatic carbocycles. The molecular formula is C8H18N2O2S2. The van der Waals surface area contributed by atoms with Gasteiger partial charge in [-0.15, -0.1) is 0 Å². The van der Waals surface area contributed by atoms with E-state index in [-0.39, 0.29) is 5.75 Å². The highest BCUT2D eigenvalue weighted by Crippen LogP contribution is 1.94. The highest BCUT2D eigenvalue weighted by atomic mass is 32.2. The average Bonchev–Trinajstić information content (AvgIpc) is 1.99. The molecule has 6 heteroatoms. The van der Waals surface area contributed by atoms with Crippen LogP contribution in [0.4, 0.5) is 0 Å². The third-order valence-corrected chi connectivity index (χ3v) is 2.98. The molecule has 0 rings (SSSR count). The van der Waals surface area contributed by atoms with Crippen molar-refractivity contribution in [1.82, 2.24) is 4.90 Å². The fraction of sp³-hybridized carbons (Fsp3) is 0.875. The lowest BCUT2D eigenvalue weighted by Crippen LogP contribution is -2.33. The summed E-state index contributed by atoms with van der Waals surface area (Å²) >= 11 is 4.78. The zero-order valence-corrected chi connectivity index (χ0v) is 10.3. The summed E-state index contributed by atoms with van der Waals surface area (Å²) in [6.45, 7) is 4.12. The van der Waals surface area contributed by atoms with Crippen LogP contribution in [0.3, 0.4) is 0 Å². The van der Waals surface area contributed by atoms with Crippen LogP contribution in [0.1, 0.15) is 13.3 Å². The van der Waals surface area contributed by atoms with Gasteiger partial charge in [-0.25, -0.2) is 8.42 Å². The predicted octanol–water partition coefficient (Wildman–Crippen LogP) is 0.0291. The molecule has 0 fully saturated rings. The van der Waals surface area contributed by atoms with E-state index in [0.717, 1.165) is 13.1 Å². The Morgan fingerprint density at radius 1 is 1.50 bits per heavy atom. The van der Waals surface area contributed by atoms with Gasteiger partial charge in [-0.2, -0.15) is 0 Å². The summed E-state index contributed by atoms with van der Waals surface area (Å²) in [4.78, 5) is 2.49. The quantitative estimate of drug-likeness (QED) is 0.634. The second kappa shape index (κ2) is 6.31. The summed E-state index contributed by atoms with van der Waals surface area (Å²) in [7, 11) is -2.85. The first-order valence-corrected chi connectivity index (χ1v) is 7.00. The lowest BCUT2D eigenvalue weighted by Gasteiger charge is -2.18. The summed E-state index contributed by atoms with van der Waals surface area (Å²) < 4.78 is 21.7. The fourth-order valence-electron chi connectivity index (χ4n) is 1.12. The molecule has 0 atom stereocenters. The normalized spacial score (nSPS) is 11.9. The van der Waals surface area contributed by atoms with E-state index in [1.54, 1.807) is 0 Å². The number of hydrogen-bond donors (Lipinski definition) is 1. The van der Waals surface area contributed by atoms with Crippen molar-refractivity contribution in [2.24, 2.45) is 5.73 Å². The Morgan fingerprint density at radius 3 is 2.43 bits per heavy atom. The van der Waals surface area contributed by atoms with Gasteiger partial charge in [-0.1, -0.05) is 19.1 Å². The number of likely N-dealkylation sites (N-methyl/N-ethyl adjacent to an activating group) is 1. The Morgan fingerprint density at radius 2 is 2.07 bits per heavy atom. The number of thiocarbonyl (C=S) groups is 1. The van der Waals surface area contributed by atoms with Crippen LogP contribution < -0.4 is 5.73 Å². The van der Waals surface area contributed by atoms with E-state index in [9.17, 15) is 8.42 Å². The molecule has 0 bridgehead atoms. The van der Waals surface area contributed by atoms with E-state index in [0.29, 0.717) is 18.0 Å². The Labute approximate surface area is 91.4 Å². The highest BCUT2D eigenvalue weighted by molar-refractivity contribution is 7.90. The summed E-state index contributed by atoms with van der Waals surface area (Å²) in [5.41, 5.74) is 5.40. The minimum absolute atomic E-state index is 0.223. The van der Waals surface area contributed by atoms with E-state index < -0.39 is 9.84 Å². The van der Waals surface area contributed by atoms with Crippen LogP contribution in [0.15, 0.2) is 0 Å². The number of hydrogen-bond acceptors (Lipinski definition) is 4. The van der Waals surface area contributed by atoms with Crippen LogP contribution in [0, 0.1) is 0 Å². The second-order valence-corrected chi connectivity index (χ2v) is 6.10. The van der Waals surface area contributed by atoms with Crippen molar-refractivity contribution in [2.45, 2.75) is 13.3 Å². The molecule has 0 aliphatic heterocycles. The molecule has 0 aromatic rings. The zero-order chi connectivity index (χ0) is 11.2. The smallest absolute Gasteiger partial charge is 0.147 e. The van der Waals surface area contributed by atoms with E-state index in [4.69, 9.17) is 18.0 Å². The van der Waals surface area contributed by atoms with Gasteiger partial charge in [0.15, 0.2) is 0 Å². The first kappa shape index (κ1) is 13.8. The molecule has 0 spiro atoms. The Kier molecular flexibility index (Phi) is 6.22. The largest absolute Gasteiger partial charge is 0.392 e. The van der Waals surface area contributed by atoms with Gasteiger partial charge < -0.3 is 5.73 Å². The molecule has 14 heavy (non-hydrogen) atoms. The minimum atomic E-state index is -2.85. The van der Waals surface area contributed by atoms with Gasteiger partial charge in [0.2, 0.25) is 0 Å². The molecular weight excluding hydrogens is 220 g/mol. The third-order valence-electron chi connectivity index (χ3n) is 1.82. The average molecular weight is 238 g/mol. The summed E-state index contributed by atoms with van der Waals surface area (Å²) in [5.74, 6) is 0.223. The molecule has 0 heterocycles. The molecule has 0 saturated heterocycles.